The summed E-state index contributed by atoms with van der Waals surface area (Å²) in [5, 5.41) is 2.77. The number of benzene rings is 2. The molecule has 4 rings (SSSR count). The normalized spacial score (nSPS) is 12.6. The first-order valence-corrected chi connectivity index (χ1v) is 7.55. The van der Waals surface area contributed by atoms with E-state index in [1.54, 1.807) is 12.1 Å². The molecule has 1 N–H and O–H groups in total. The first-order valence-electron chi connectivity index (χ1n) is 7.55. The molecule has 1 aliphatic rings. The number of ether oxygens (including phenoxy) is 2. The maximum absolute atomic E-state index is 13.4. The molecule has 0 aliphatic carbocycles. The summed E-state index contributed by atoms with van der Waals surface area (Å²) in [6.45, 7) is 0.452. The number of nitrogens with zero attached hydrogens (tertiary/aromatic N) is 2. The number of rotatable bonds is 4. The van der Waals surface area contributed by atoms with Crippen molar-refractivity contribution in [2.45, 2.75) is 13.1 Å². The van der Waals surface area contributed by atoms with Gasteiger partial charge in [0.05, 0.1) is 17.4 Å². The van der Waals surface area contributed by atoms with Crippen molar-refractivity contribution in [3.8, 4) is 11.5 Å². The predicted molar refractivity (Wildman–Crippen MR) is 84.1 cm³/mol. The van der Waals surface area contributed by atoms with E-state index < -0.39 is 11.6 Å². The van der Waals surface area contributed by atoms with E-state index in [0.717, 1.165) is 17.7 Å². The number of imidazole rings is 1. The van der Waals surface area contributed by atoms with Crippen LogP contribution in [0.25, 0.3) is 11.0 Å². The smallest absolute Gasteiger partial charge is 0.240 e. The zero-order chi connectivity index (χ0) is 17.4. The molecule has 1 aromatic heterocycles. The molecule has 2 heterocycles. The van der Waals surface area contributed by atoms with Crippen LogP contribution >= 0.6 is 0 Å². The Kier molecular flexibility index (Phi) is 3.72. The number of nitrogens with one attached hydrogen (secondary N) is 1. The molecule has 0 unspecified atom stereocenters. The molecule has 0 saturated carbocycles. The van der Waals surface area contributed by atoms with Crippen LogP contribution in [0.1, 0.15) is 5.56 Å². The number of carbonyl (C=O) groups is 1. The van der Waals surface area contributed by atoms with Gasteiger partial charge in [-0.05, 0) is 17.7 Å². The van der Waals surface area contributed by atoms with Crippen LogP contribution in [-0.2, 0) is 17.9 Å². The van der Waals surface area contributed by atoms with Gasteiger partial charge in [-0.2, -0.15) is 0 Å². The number of carbonyl (C=O) groups excluding carboxylic acids is 1. The van der Waals surface area contributed by atoms with E-state index in [-0.39, 0.29) is 19.2 Å². The number of fused-ring (bicyclic) bond motifs is 2. The van der Waals surface area contributed by atoms with Crippen LogP contribution in [0.2, 0.25) is 0 Å². The second kappa shape index (κ2) is 6.04. The molecular formula is C17H13F2N3O3. The lowest BCUT2D eigenvalue weighted by molar-refractivity contribution is -0.121. The minimum Gasteiger partial charge on any atom is -0.454 e. The number of hydrogen-bond acceptors (Lipinski definition) is 4. The van der Waals surface area contributed by atoms with Crippen LogP contribution in [0, 0.1) is 11.6 Å². The lowest BCUT2D eigenvalue weighted by Gasteiger charge is -2.08. The Hall–Kier alpha value is -3.16. The summed E-state index contributed by atoms with van der Waals surface area (Å²) in [7, 11) is 0. The molecule has 1 aliphatic heterocycles. The predicted octanol–water partition coefficient (Wildman–Crippen LogP) is 2.36. The van der Waals surface area contributed by atoms with Crippen LogP contribution in [0.5, 0.6) is 11.5 Å². The van der Waals surface area contributed by atoms with Crippen molar-refractivity contribution in [3.05, 3.63) is 53.9 Å². The van der Waals surface area contributed by atoms with E-state index in [1.165, 1.54) is 10.9 Å². The third-order valence-electron chi connectivity index (χ3n) is 3.90. The molecule has 8 heteroatoms. The monoisotopic (exact) mass is 345 g/mol. The summed E-state index contributed by atoms with van der Waals surface area (Å²) in [4.78, 5) is 16.1. The Morgan fingerprint density at radius 2 is 1.96 bits per heavy atom. The number of aromatic nitrogens is 2. The fraction of sp³-hybridized carbons (Fsp3) is 0.176. The highest BCUT2D eigenvalue weighted by atomic mass is 19.2. The van der Waals surface area contributed by atoms with Gasteiger partial charge >= 0.3 is 0 Å². The largest absolute Gasteiger partial charge is 0.454 e. The van der Waals surface area contributed by atoms with E-state index in [4.69, 9.17) is 9.47 Å². The maximum Gasteiger partial charge on any atom is 0.240 e. The standard InChI is InChI=1S/C17H13F2N3O3/c18-11-4-13-14(5-12(11)19)22(8-21-13)7-17(23)20-6-10-1-2-15-16(3-10)25-9-24-15/h1-5,8H,6-7,9H2,(H,20,23). The van der Waals surface area contributed by atoms with Gasteiger partial charge in [-0.3, -0.25) is 4.79 Å². The quantitative estimate of drug-likeness (QED) is 0.788. The van der Waals surface area contributed by atoms with Gasteiger partial charge in [-0.1, -0.05) is 6.07 Å². The average Bonchev–Trinajstić information content (AvgIpc) is 3.20. The molecule has 0 spiro atoms. The van der Waals surface area contributed by atoms with Crippen LogP contribution < -0.4 is 14.8 Å². The highest BCUT2D eigenvalue weighted by molar-refractivity contribution is 5.80. The molecule has 1 amide bonds. The fourth-order valence-electron chi connectivity index (χ4n) is 2.64. The van der Waals surface area contributed by atoms with Crippen LogP contribution in [0.15, 0.2) is 36.7 Å². The van der Waals surface area contributed by atoms with Gasteiger partial charge in [0.15, 0.2) is 23.1 Å². The summed E-state index contributed by atoms with van der Waals surface area (Å²) >= 11 is 0. The molecule has 25 heavy (non-hydrogen) atoms. The van der Waals surface area contributed by atoms with Crippen molar-refractivity contribution in [3.63, 3.8) is 0 Å². The molecule has 0 fully saturated rings. The average molecular weight is 345 g/mol. The number of halogens is 2. The Morgan fingerprint density at radius 3 is 2.84 bits per heavy atom. The first kappa shape index (κ1) is 15.4. The van der Waals surface area contributed by atoms with Gasteiger partial charge in [0.1, 0.15) is 6.54 Å². The number of hydrogen-bond donors (Lipinski definition) is 1. The lowest BCUT2D eigenvalue weighted by atomic mass is 10.2. The van der Waals surface area contributed by atoms with E-state index >= 15 is 0 Å². The minimum absolute atomic E-state index is 0.0495. The van der Waals surface area contributed by atoms with Crippen molar-refractivity contribution >= 4 is 16.9 Å². The van der Waals surface area contributed by atoms with Crippen LogP contribution in [0.3, 0.4) is 0 Å². The molecule has 0 atom stereocenters. The van der Waals surface area contributed by atoms with E-state index in [9.17, 15) is 13.6 Å². The topological polar surface area (TPSA) is 65.4 Å². The van der Waals surface area contributed by atoms with Crippen molar-refractivity contribution in [2.24, 2.45) is 0 Å². The van der Waals surface area contributed by atoms with Gasteiger partial charge in [0.2, 0.25) is 12.7 Å². The molecule has 0 bridgehead atoms. The van der Waals surface area contributed by atoms with Gasteiger partial charge in [0, 0.05) is 18.7 Å². The first-order chi connectivity index (χ1) is 12.1. The van der Waals surface area contributed by atoms with Gasteiger partial charge < -0.3 is 19.4 Å². The number of amides is 1. The SMILES string of the molecule is O=C(Cn1cnc2cc(F)c(F)cc21)NCc1ccc2c(c1)OCO2. The molecule has 2 aromatic carbocycles. The zero-order valence-corrected chi connectivity index (χ0v) is 13.0. The lowest BCUT2D eigenvalue weighted by Crippen LogP contribution is -2.26. The Balaban J connectivity index is 1.43. The fourth-order valence-corrected chi connectivity index (χ4v) is 2.64. The van der Waals surface area contributed by atoms with Crippen LogP contribution in [0.4, 0.5) is 8.78 Å². The minimum atomic E-state index is -0.977. The molecular weight excluding hydrogens is 332 g/mol. The van der Waals surface area contributed by atoms with Gasteiger partial charge in [-0.15, -0.1) is 0 Å². The summed E-state index contributed by atoms with van der Waals surface area (Å²) in [6.07, 6.45) is 1.38. The summed E-state index contributed by atoms with van der Waals surface area (Å²) < 4.78 is 38.6. The Bertz CT molecular complexity index is 971. The highest BCUT2D eigenvalue weighted by Crippen LogP contribution is 2.32. The maximum atomic E-state index is 13.4. The Morgan fingerprint density at radius 1 is 1.16 bits per heavy atom. The van der Waals surface area contributed by atoms with Crippen molar-refractivity contribution in [2.75, 3.05) is 6.79 Å². The van der Waals surface area contributed by atoms with Gasteiger partial charge in [0.25, 0.3) is 0 Å². The molecule has 0 saturated heterocycles. The van der Waals surface area contributed by atoms with Crippen molar-refractivity contribution < 1.29 is 23.0 Å². The second-order valence-corrected chi connectivity index (χ2v) is 5.59. The molecule has 6 nitrogen and oxygen atoms in total. The van der Waals surface area contributed by atoms with Crippen molar-refractivity contribution in [1.29, 1.82) is 0 Å². The molecule has 0 radical (unpaired) electrons. The van der Waals surface area contributed by atoms with E-state index in [1.807, 2.05) is 6.07 Å². The van der Waals surface area contributed by atoms with Crippen molar-refractivity contribution in [1.82, 2.24) is 14.9 Å². The zero-order valence-electron chi connectivity index (χ0n) is 13.0. The third kappa shape index (κ3) is 2.98. The highest BCUT2D eigenvalue weighted by Gasteiger charge is 2.14. The third-order valence-corrected chi connectivity index (χ3v) is 3.90. The summed E-state index contributed by atoms with van der Waals surface area (Å²) in [5.74, 6) is -0.902. The second-order valence-electron chi connectivity index (χ2n) is 5.59. The van der Waals surface area contributed by atoms with Gasteiger partial charge in [-0.25, -0.2) is 13.8 Å². The van der Waals surface area contributed by atoms with Crippen LogP contribution in [-0.4, -0.2) is 22.3 Å². The summed E-state index contributed by atoms with van der Waals surface area (Å²) in [5.41, 5.74) is 1.51. The van der Waals surface area contributed by atoms with E-state index in [2.05, 4.69) is 10.3 Å². The molecule has 3 aromatic rings. The summed E-state index contributed by atoms with van der Waals surface area (Å²) in [6, 6.07) is 7.45. The molecule has 128 valence electrons. The van der Waals surface area contributed by atoms with E-state index in [0.29, 0.717) is 29.1 Å². The Labute approximate surface area is 141 Å².